The molecule has 2 aromatic carbocycles. The van der Waals surface area contributed by atoms with Gasteiger partial charge in [0.1, 0.15) is 6.54 Å². The van der Waals surface area contributed by atoms with Gasteiger partial charge in [-0.3, -0.25) is 14.2 Å². The van der Waals surface area contributed by atoms with Crippen molar-refractivity contribution in [3.8, 4) is 0 Å². The van der Waals surface area contributed by atoms with Gasteiger partial charge in [0.15, 0.2) is 0 Å². The Hall–Kier alpha value is -2.91. The Morgan fingerprint density at radius 2 is 1.81 bits per heavy atom. The van der Waals surface area contributed by atoms with Crippen molar-refractivity contribution >= 4 is 32.5 Å². The minimum Gasteiger partial charge on any atom is -0.395 e. The van der Waals surface area contributed by atoms with E-state index in [1.807, 2.05) is 0 Å². The molecule has 1 aromatic heterocycles. The zero-order valence-corrected chi connectivity index (χ0v) is 19.7. The number of aliphatic hydroxyl groups is 1. The highest BCUT2D eigenvalue weighted by Gasteiger charge is 2.29. The van der Waals surface area contributed by atoms with Crippen LogP contribution in [0.4, 0.5) is 5.69 Å². The van der Waals surface area contributed by atoms with E-state index in [2.05, 4.69) is 31.0 Å². The Morgan fingerprint density at radius 3 is 2.41 bits per heavy atom. The number of aromatic nitrogens is 2. The van der Waals surface area contributed by atoms with Crippen molar-refractivity contribution in [3.63, 3.8) is 0 Å². The lowest BCUT2D eigenvalue weighted by molar-refractivity contribution is -0.129. The van der Waals surface area contributed by atoms with Crippen molar-refractivity contribution < 1.29 is 18.3 Å². The molecule has 3 rings (SSSR count). The van der Waals surface area contributed by atoms with Gasteiger partial charge < -0.3 is 10.0 Å². The van der Waals surface area contributed by atoms with Gasteiger partial charge in [-0.2, -0.15) is 5.10 Å². The van der Waals surface area contributed by atoms with E-state index in [1.165, 1.54) is 4.90 Å². The number of likely N-dealkylation sites (N-methyl/N-ethyl adjacent to an activating group) is 1. The van der Waals surface area contributed by atoms with Crippen molar-refractivity contribution in [3.05, 3.63) is 54.2 Å². The van der Waals surface area contributed by atoms with Gasteiger partial charge in [-0.25, -0.2) is 8.42 Å². The summed E-state index contributed by atoms with van der Waals surface area (Å²) in [5.74, 6) is -0.388. The number of fused-ring (bicyclic) bond motifs is 1. The SMILES string of the molecule is CCN(CCO)C(=O)CN(c1ccc2cn[nH]c2c1)S(=O)(=O)c1ccc(C(C)(C)C)cc1. The summed E-state index contributed by atoms with van der Waals surface area (Å²) < 4.78 is 28.4. The zero-order valence-electron chi connectivity index (χ0n) is 18.9. The number of anilines is 1. The van der Waals surface area contributed by atoms with Crippen molar-refractivity contribution in [2.24, 2.45) is 0 Å². The van der Waals surface area contributed by atoms with Gasteiger partial charge in [0.2, 0.25) is 5.91 Å². The van der Waals surface area contributed by atoms with Gasteiger partial charge in [-0.05, 0) is 48.2 Å². The molecule has 0 aliphatic rings. The summed E-state index contributed by atoms with van der Waals surface area (Å²) in [6.07, 6.45) is 1.65. The highest BCUT2D eigenvalue weighted by molar-refractivity contribution is 7.92. The first kappa shape index (κ1) is 23.7. The number of carbonyl (C=O) groups excluding carboxylic acids is 1. The largest absolute Gasteiger partial charge is 0.395 e. The van der Waals surface area contributed by atoms with Crippen LogP contribution >= 0.6 is 0 Å². The second kappa shape index (κ2) is 9.30. The third kappa shape index (κ3) is 4.94. The molecule has 1 heterocycles. The number of hydrogen-bond donors (Lipinski definition) is 2. The van der Waals surface area contributed by atoms with Crippen molar-refractivity contribution in [1.29, 1.82) is 0 Å². The molecule has 0 aliphatic carbocycles. The Balaban J connectivity index is 2.05. The number of nitrogens with one attached hydrogen (secondary N) is 1. The maximum Gasteiger partial charge on any atom is 0.264 e. The number of benzene rings is 2. The molecule has 9 heteroatoms. The minimum absolute atomic E-state index is 0.105. The van der Waals surface area contributed by atoms with Crippen molar-refractivity contribution in [1.82, 2.24) is 15.1 Å². The van der Waals surface area contributed by atoms with Gasteiger partial charge in [0.25, 0.3) is 10.0 Å². The van der Waals surface area contributed by atoms with E-state index in [0.717, 1.165) is 15.3 Å². The molecule has 0 bridgehead atoms. The summed E-state index contributed by atoms with van der Waals surface area (Å²) in [5, 5.41) is 16.9. The topological polar surface area (TPSA) is 107 Å². The molecule has 0 saturated heterocycles. The molecule has 0 fully saturated rings. The summed E-state index contributed by atoms with van der Waals surface area (Å²) >= 11 is 0. The highest BCUT2D eigenvalue weighted by Crippen LogP contribution is 2.29. The fraction of sp³-hybridized carbons (Fsp3) is 0.391. The average Bonchev–Trinajstić information content (AvgIpc) is 3.22. The molecule has 1 amide bonds. The van der Waals surface area contributed by atoms with E-state index in [1.54, 1.807) is 55.6 Å². The summed E-state index contributed by atoms with van der Waals surface area (Å²) in [6.45, 7) is 7.90. The number of carbonyl (C=O) groups is 1. The molecule has 0 atom stereocenters. The monoisotopic (exact) mass is 458 g/mol. The van der Waals surface area contributed by atoms with E-state index in [4.69, 9.17) is 0 Å². The Labute approximate surface area is 188 Å². The maximum absolute atomic E-state index is 13.7. The van der Waals surface area contributed by atoms with E-state index in [-0.39, 0.29) is 35.9 Å². The van der Waals surface area contributed by atoms with Crippen LogP contribution < -0.4 is 4.31 Å². The lowest BCUT2D eigenvalue weighted by Gasteiger charge is -2.28. The first-order valence-electron chi connectivity index (χ1n) is 10.5. The Bertz CT molecular complexity index is 1180. The number of aromatic amines is 1. The smallest absolute Gasteiger partial charge is 0.264 e. The number of amides is 1. The fourth-order valence-electron chi connectivity index (χ4n) is 3.45. The second-order valence-electron chi connectivity index (χ2n) is 8.62. The fourth-order valence-corrected chi connectivity index (χ4v) is 4.86. The van der Waals surface area contributed by atoms with Crippen LogP contribution in [-0.4, -0.2) is 60.8 Å². The maximum atomic E-state index is 13.7. The Kier molecular flexibility index (Phi) is 6.90. The first-order chi connectivity index (χ1) is 15.1. The number of H-pyrrole nitrogens is 1. The van der Waals surface area contributed by atoms with Crippen LogP contribution in [0.1, 0.15) is 33.3 Å². The lowest BCUT2D eigenvalue weighted by atomic mass is 9.87. The third-order valence-corrected chi connectivity index (χ3v) is 7.19. The molecule has 8 nitrogen and oxygen atoms in total. The highest BCUT2D eigenvalue weighted by atomic mass is 32.2. The van der Waals surface area contributed by atoms with Crippen LogP contribution in [0, 0.1) is 0 Å². The van der Waals surface area contributed by atoms with Gasteiger partial charge >= 0.3 is 0 Å². The first-order valence-corrected chi connectivity index (χ1v) is 12.0. The molecule has 0 unspecified atom stereocenters. The number of rotatable bonds is 8. The second-order valence-corrected chi connectivity index (χ2v) is 10.5. The van der Waals surface area contributed by atoms with Crippen molar-refractivity contribution in [2.75, 3.05) is 30.5 Å². The predicted molar refractivity (Wildman–Crippen MR) is 125 cm³/mol. The summed E-state index contributed by atoms with van der Waals surface area (Å²) in [5.41, 5.74) is 1.92. The normalized spacial score (nSPS) is 12.2. The molecule has 172 valence electrons. The van der Waals surface area contributed by atoms with Gasteiger partial charge in [0, 0.05) is 18.5 Å². The summed E-state index contributed by atoms with van der Waals surface area (Å²) in [6, 6.07) is 11.8. The number of sulfonamides is 1. The molecule has 0 spiro atoms. The zero-order chi connectivity index (χ0) is 23.5. The number of nitrogens with zero attached hydrogens (tertiary/aromatic N) is 3. The van der Waals surface area contributed by atoms with E-state index >= 15 is 0 Å². The average molecular weight is 459 g/mol. The van der Waals surface area contributed by atoms with Gasteiger partial charge in [0.05, 0.1) is 28.9 Å². The third-order valence-electron chi connectivity index (χ3n) is 5.41. The van der Waals surface area contributed by atoms with Crippen LogP contribution in [0.25, 0.3) is 10.9 Å². The molecule has 32 heavy (non-hydrogen) atoms. The van der Waals surface area contributed by atoms with Crippen LogP contribution in [0.5, 0.6) is 0 Å². The lowest BCUT2D eigenvalue weighted by Crippen LogP contribution is -2.44. The van der Waals surface area contributed by atoms with Gasteiger partial charge in [-0.1, -0.05) is 32.9 Å². The predicted octanol–water partition coefficient (Wildman–Crippen LogP) is 2.90. The molecule has 2 N–H and O–H groups in total. The summed E-state index contributed by atoms with van der Waals surface area (Å²) in [4.78, 5) is 14.4. The number of aliphatic hydroxyl groups excluding tert-OH is 1. The quantitative estimate of drug-likeness (QED) is 0.540. The molecule has 3 aromatic rings. The Morgan fingerprint density at radius 1 is 1.12 bits per heavy atom. The number of hydrogen-bond acceptors (Lipinski definition) is 5. The molecule has 0 saturated carbocycles. The molecular formula is C23H30N4O4S. The molecular weight excluding hydrogens is 428 g/mol. The van der Waals surface area contributed by atoms with Crippen LogP contribution in [-0.2, 0) is 20.2 Å². The minimum atomic E-state index is -4.03. The van der Waals surface area contributed by atoms with E-state index in [9.17, 15) is 18.3 Å². The van der Waals surface area contributed by atoms with E-state index in [0.29, 0.717) is 17.7 Å². The van der Waals surface area contributed by atoms with E-state index < -0.39 is 10.0 Å². The standard InChI is InChI=1S/C23H30N4O4S/c1-5-26(12-13-28)22(29)16-27(19-9-6-17-15-24-25-21(17)14-19)32(30,31)20-10-7-18(8-11-20)23(2,3)4/h6-11,14-15,28H,5,12-13,16H2,1-4H3,(H,24,25). The molecule has 0 radical (unpaired) electrons. The van der Waals surface area contributed by atoms with Crippen molar-refractivity contribution in [2.45, 2.75) is 38.0 Å². The summed E-state index contributed by atoms with van der Waals surface area (Å²) in [7, 11) is -4.03. The van der Waals surface area contributed by atoms with Crippen LogP contribution in [0.3, 0.4) is 0 Å². The van der Waals surface area contributed by atoms with Crippen LogP contribution in [0.2, 0.25) is 0 Å². The van der Waals surface area contributed by atoms with Crippen LogP contribution in [0.15, 0.2) is 53.6 Å². The molecule has 0 aliphatic heterocycles. The van der Waals surface area contributed by atoms with Gasteiger partial charge in [-0.15, -0.1) is 0 Å².